The first-order valence-corrected chi connectivity index (χ1v) is 9.20. The zero-order chi connectivity index (χ0) is 15.6. The average Bonchev–Trinajstić information content (AvgIpc) is 2.47. The van der Waals surface area contributed by atoms with Crippen LogP contribution >= 0.6 is 7.60 Å². The van der Waals surface area contributed by atoms with Crippen molar-refractivity contribution in [3.05, 3.63) is 11.9 Å². The smallest absolute Gasteiger partial charge is 0.353 e. The molecule has 0 aromatic rings. The molecule has 21 heavy (non-hydrogen) atoms. The van der Waals surface area contributed by atoms with Crippen LogP contribution in [0, 0.1) is 0 Å². The number of rotatable bonds is 10. The van der Waals surface area contributed by atoms with Crippen molar-refractivity contribution in [2.45, 2.75) is 51.9 Å². The van der Waals surface area contributed by atoms with E-state index < -0.39 is 7.60 Å². The van der Waals surface area contributed by atoms with E-state index in [-0.39, 0.29) is 19.0 Å². The molecule has 0 unspecified atom stereocenters. The summed E-state index contributed by atoms with van der Waals surface area (Å²) in [6.45, 7) is 4.80. The lowest BCUT2D eigenvalue weighted by molar-refractivity contribution is -0.180. The molecule has 6 nitrogen and oxygen atoms in total. The van der Waals surface area contributed by atoms with Crippen LogP contribution in [0.4, 0.5) is 0 Å². The van der Waals surface area contributed by atoms with E-state index in [4.69, 9.17) is 23.6 Å². The summed E-state index contributed by atoms with van der Waals surface area (Å²) in [6.07, 6.45) is 4.37. The van der Waals surface area contributed by atoms with Crippen LogP contribution in [0.15, 0.2) is 11.9 Å². The van der Waals surface area contributed by atoms with Gasteiger partial charge in [0.25, 0.3) is 0 Å². The fraction of sp³-hybridized carbons (Fsp3) is 0.857. The minimum absolute atomic E-state index is 0.0186. The summed E-state index contributed by atoms with van der Waals surface area (Å²) in [7, 11) is -3.23. The SMILES string of the molecule is CCOP(=O)(C=C[C@H](CCO)O[C@@H]1CCCCO1)OCC. The highest BCUT2D eigenvalue weighted by Crippen LogP contribution is 2.49. The third-order valence-electron chi connectivity index (χ3n) is 2.98. The van der Waals surface area contributed by atoms with E-state index in [1.54, 1.807) is 19.9 Å². The minimum Gasteiger partial charge on any atom is -0.396 e. The van der Waals surface area contributed by atoms with Gasteiger partial charge in [-0.25, -0.2) is 0 Å². The molecule has 1 N–H and O–H groups in total. The summed E-state index contributed by atoms with van der Waals surface area (Å²) in [5.74, 6) is 1.42. The molecule has 0 aromatic heterocycles. The zero-order valence-corrected chi connectivity index (χ0v) is 13.8. The van der Waals surface area contributed by atoms with E-state index in [9.17, 15) is 4.57 Å². The van der Waals surface area contributed by atoms with E-state index >= 15 is 0 Å². The number of aliphatic hydroxyl groups excluding tert-OH is 1. The summed E-state index contributed by atoms with van der Waals surface area (Å²) in [5.41, 5.74) is 0. The van der Waals surface area contributed by atoms with E-state index in [2.05, 4.69) is 0 Å². The molecule has 0 spiro atoms. The maximum absolute atomic E-state index is 12.3. The molecule has 1 heterocycles. The van der Waals surface area contributed by atoms with E-state index in [0.29, 0.717) is 26.2 Å². The van der Waals surface area contributed by atoms with Gasteiger partial charge >= 0.3 is 7.60 Å². The summed E-state index contributed by atoms with van der Waals surface area (Å²) in [5, 5.41) is 9.12. The molecular formula is C14H27O6P. The van der Waals surface area contributed by atoms with Crippen LogP contribution < -0.4 is 0 Å². The maximum Gasteiger partial charge on any atom is 0.353 e. The van der Waals surface area contributed by atoms with Crippen molar-refractivity contribution in [1.29, 1.82) is 0 Å². The first-order valence-electron chi connectivity index (χ1n) is 7.59. The second-order valence-corrected chi connectivity index (χ2v) is 6.59. The van der Waals surface area contributed by atoms with Crippen LogP contribution in [0.2, 0.25) is 0 Å². The van der Waals surface area contributed by atoms with Crippen LogP contribution in [0.1, 0.15) is 39.5 Å². The largest absolute Gasteiger partial charge is 0.396 e. The Morgan fingerprint density at radius 1 is 1.33 bits per heavy atom. The second kappa shape index (κ2) is 10.5. The summed E-state index contributed by atoms with van der Waals surface area (Å²) in [6, 6.07) is 0. The van der Waals surface area contributed by atoms with Crippen molar-refractivity contribution in [3.63, 3.8) is 0 Å². The average molecular weight is 322 g/mol. The molecule has 1 fully saturated rings. The van der Waals surface area contributed by atoms with Crippen molar-refractivity contribution >= 4 is 7.60 Å². The molecule has 0 aliphatic carbocycles. The lowest BCUT2D eigenvalue weighted by Crippen LogP contribution is -2.27. The number of ether oxygens (including phenoxy) is 2. The number of hydrogen-bond acceptors (Lipinski definition) is 6. The molecular weight excluding hydrogens is 295 g/mol. The highest BCUT2D eigenvalue weighted by Gasteiger charge is 2.22. The molecule has 0 saturated carbocycles. The van der Waals surface area contributed by atoms with Crippen LogP contribution in [-0.2, 0) is 23.1 Å². The van der Waals surface area contributed by atoms with E-state index in [0.717, 1.165) is 19.3 Å². The summed E-state index contributed by atoms with van der Waals surface area (Å²) >= 11 is 0. The highest BCUT2D eigenvalue weighted by atomic mass is 31.2. The summed E-state index contributed by atoms with van der Waals surface area (Å²) < 4.78 is 34.0. The quantitative estimate of drug-likeness (QED) is 0.623. The highest BCUT2D eigenvalue weighted by molar-refractivity contribution is 7.57. The van der Waals surface area contributed by atoms with Gasteiger partial charge in [-0.2, -0.15) is 0 Å². The molecule has 0 amide bonds. The van der Waals surface area contributed by atoms with E-state index in [1.165, 1.54) is 5.82 Å². The Morgan fingerprint density at radius 2 is 2.05 bits per heavy atom. The Morgan fingerprint density at radius 3 is 2.57 bits per heavy atom. The molecule has 2 atom stereocenters. The Kier molecular flexibility index (Phi) is 9.40. The zero-order valence-electron chi connectivity index (χ0n) is 12.9. The van der Waals surface area contributed by atoms with Gasteiger partial charge in [-0.15, -0.1) is 0 Å². The standard InChI is InChI=1S/C14H27O6P/c1-3-18-21(16,19-4-2)12-9-13(8-10-15)20-14-7-5-6-11-17-14/h9,12-15H,3-8,10-11H2,1-2H3/t13-,14+/m0/s1. The van der Waals surface area contributed by atoms with Crippen molar-refractivity contribution in [2.75, 3.05) is 26.4 Å². The van der Waals surface area contributed by atoms with Crippen LogP contribution in [0.5, 0.6) is 0 Å². The van der Waals surface area contributed by atoms with Crippen LogP contribution in [-0.4, -0.2) is 43.9 Å². The molecule has 1 aliphatic rings. The predicted molar refractivity (Wildman–Crippen MR) is 80.2 cm³/mol. The first kappa shape index (κ1) is 18.8. The van der Waals surface area contributed by atoms with Gasteiger partial charge in [0.15, 0.2) is 6.29 Å². The van der Waals surface area contributed by atoms with Gasteiger partial charge in [-0.3, -0.25) is 4.57 Å². The van der Waals surface area contributed by atoms with Crippen molar-refractivity contribution in [2.24, 2.45) is 0 Å². The van der Waals surface area contributed by atoms with Crippen molar-refractivity contribution < 1.29 is 28.2 Å². The molecule has 1 rings (SSSR count). The Bertz CT molecular complexity index is 330. The topological polar surface area (TPSA) is 74.2 Å². The molecule has 1 aliphatic heterocycles. The van der Waals surface area contributed by atoms with Gasteiger partial charge < -0.3 is 23.6 Å². The lowest BCUT2D eigenvalue weighted by atomic mass is 10.2. The normalized spacial score (nSPS) is 21.8. The van der Waals surface area contributed by atoms with Crippen molar-refractivity contribution in [3.8, 4) is 0 Å². The lowest BCUT2D eigenvalue weighted by Gasteiger charge is -2.26. The van der Waals surface area contributed by atoms with Gasteiger partial charge in [0.05, 0.1) is 19.3 Å². The maximum atomic E-state index is 12.3. The molecule has 1 saturated heterocycles. The Balaban J connectivity index is 2.61. The van der Waals surface area contributed by atoms with Gasteiger partial charge in [-0.05, 0) is 39.2 Å². The third kappa shape index (κ3) is 7.54. The monoisotopic (exact) mass is 322 g/mol. The molecule has 124 valence electrons. The first-order chi connectivity index (χ1) is 10.1. The Hall–Kier alpha value is -0.230. The van der Waals surface area contributed by atoms with Gasteiger partial charge in [0, 0.05) is 25.5 Å². The summed E-state index contributed by atoms with van der Waals surface area (Å²) in [4.78, 5) is 0. The van der Waals surface area contributed by atoms with E-state index in [1.807, 2.05) is 0 Å². The van der Waals surface area contributed by atoms with Crippen LogP contribution in [0.25, 0.3) is 0 Å². The van der Waals surface area contributed by atoms with Gasteiger partial charge in [0.2, 0.25) is 0 Å². The minimum atomic E-state index is -3.23. The fourth-order valence-corrected chi connectivity index (χ4v) is 3.40. The Labute approximate surface area is 126 Å². The van der Waals surface area contributed by atoms with Gasteiger partial charge in [0.1, 0.15) is 0 Å². The second-order valence-electron chi connectivity index (χ2n) is 4.70. The molecule has 0 bridgehead atoms. The molecule has 7 heteroatoms. The third-order valence-corrected chi connectivity index (χ3v) is 4.75. The number of hydrogen-bond donors (Lipinski definition) is 1. The number of aliphatic hydroxyl groups is 1. The van der Waals surface area contributed by atoms with Crippen LogP contribution in [0.3, 0.4) is 0 Å². The van der Waals surface area contributed by atoms with Crippen molar-refractivity contribution in [1.82, 2.24) is 0 Å². The fourth-order valence-electron chi connectivity index (χ4n) is 2.03. The molecule has 0 aromatic carbocycles. The molecule has 0 radical (unpaired) electrons. The van der Waals surface area contributed by atoms with Gasteiger partial charge in [-0.1, -0.05) is 0 Å². The predicted octanol–water partition coefficient (Wildman–Crippen LogP) is 3.06.